The third kappa shape index (κ3) is 6.05. The van der Waals surface area contributed by atoms with Gasteiger partial charge in [-0.15, -0.1) is 0 Å². The number of anilines is 1. The van der Waals surface area contributed by atoms with Crippen LogP contribution in [0.5, 0.6) is 0 Å². The molecular formula is C14H19N3O4. The van der Waals surface area contributed by atoms with Crippen LogP contribution in [0.3, 0.4) is 0 Å². The van der Waals surface area contributed by atoms with Gasteiger partial charge in [0.25, 0.3) is 0 Å². The zero-order valence-electron chi connectivity index (χ0n) is 11.8. The molecule has 0 aromatic heterocycles. The Morgan fingerprint density at radius 2 is 1.86 bits per heavy atom. The first-order valence-corrected chi connectivity index (χ1v) is 6.50. The second-order valence-corrected chi connectivity index (χ2v) is 4.58. The Labute approximate surface area is 122 Å². The van der Waals surface area contributed by atoms with Crippen LogP contribution in [0.4, 0.5) is 5.69 Å². The molecular weight excluding hydrogens is 274 g/mol. The van der Waals surface area contributed by atoms with Crippen LogP contribution >= 0.6 is 0 Å². The van der Waals surface area contributed by atoms with E-state index >= 15 is 0 Å². The van der Waals surface area contributed by atoms with Crippen LogP contribution in [-0.4, -0.2) is 36.0 Å². The first-order chi connectivity index (χ1) is 9.92. The lowest BCUT2D eigenvalue weighted by atomic mass is 10.1. The molecule has 7 nitrogen and oxygen atoms in total. The molecule has 21 heavy (non-hydrogen) atoms. The van der Waals surface area contributed by atoms with Gasteiger partial charge >= 0.3 is 5.97 Å². The number of likely N-dealkylation sites (N-methyl/N-ethyl adjacent to an activating group) is 1. The van der Waals surface area contributed by atoms with E-state index in [9.17, 15) is 14.4 Å². The number of carboxylic acids is 1. The number of amides is 2. The largest absolute Gasteiger partial charge is 0.481 e. The summed E-state index contributed by atoms with van der Waals surface area (Å²) in [5.41, 5.74) is 6.97. The summed E-state index contributed by atoms with van der Waals surface area (Å²) in [5, 5.41) is 13.7. The summed E-state index contributed by atoms with van der Waals surface area (Å²) in [5.74, 6) is -1.52. The number of benzene rings is 1. The molecule has 2 amide bonds. The Kier molecular flexibility index (Phi) is 6.35. The van der Waals surface area contributed by atoms with Gasteiger partial charge in [0.1, 0.15) is 0 Å². The van der Waals surface area contributed by atoms with Crippen molar-refractivity contribution < 1.29 is 19.5 Å². The molecule has 0 aliphatic heterocycles. The summed E-state index contributed by atoms with van der Waals surface area (Å²) in [6, 6.07) is 5.92. The zero-order valence-corrected chi connectivity index (χ0v) is 11.8. The van der Waals surface area contributed by atoms with E-state index in [2.05, 4.69) is 10.6 Å². The van der Waals surface area contributed by atoms with Gasteiger partial charge in [-0.3, -0.25) is 14.4 Å². The van der Waals surface area contributed by atoms with Gasteiger partial charge in [0.05, 0.1) is 12.5 Å². The Morgan fingerprint density at radius 3 is 2.38 bits per heavy atom. The standard InChI is InChI=1S/C14H19N3O4/c1-16-12(18)8-9-2-4-10(5-3-9)17-14(21)11(15)6-7-13(19)20/h2-5,11H,6-8,15H2,1H3,(H,16,18)(H,17,21)(H,19,20). The molecule has 114 valence electrons. The molecule has 7 heteroatoms. The molecule has 0 aliphatic rings. The van der Waals surface area contributed by atoms with Crippen molar-refractivity contribution in [2.24, 2.45) is 5.73 Å². The average Bonchev–Trinajstić information content (AvgIpc) is 2.46. The van der Waals surface area contributed by atoms with Crippen molar-refractivity contribution in [2.75, 3.05) is 12.4 Å². The average molecular weight is 293 g/mol. The van der Waals surface area contributed by atoms with E-state index in [0.29, 0.717) is 5.69 Å². The highest BCUT2D eigenvalue weighted by molar-refractivity contribution is 5.94. The van der Waals surface area contributed by atoms with E-state index in [1.165, 1.54) is 0 Å². The molecule has 0 aliphatic carbocycles. The van der Waals surface area contributed by atoms with Gasteiger partial charge in [-0.05, 0) is 24.1 Å². The number of aliphatic carboxylic acids is 1. The number of nitrogens with two attached hydrogens (primary N) is 1. The molecule has 1 rings (SSSR count). The van der Waals surface area contributed by atoms with E-state index in [1.807, 2.05) is 0 Å². The number of hydrogen-bond acceptors (Lipinski definition) is 4. The maximum atomic E-state index is 11.7. The molecule has 0 saturated heterocycles. The summed E-state index contributed by atoms with van der Waals surface area (Å²) in [6.45, 7) is 0. The van der Waals surface area contributed by atoms with Crippen LogP contribution < -0.4 is 16.4 Å². The predicted molar refractivity (Wildman–Crippen MR) is 77.7 cm³/mol. The molecule has 1 aromatic carbocycles. The molecule has 0 saturated carbocycles. The fourth-order valence-corrected chi connectivity index (χ4v) is 1.62. The smallest absolute Gasteiger partial charge is 0.303 e. The van der Waals surface area contributed by atoms with Crippen molar-refractivity contribution in [1.82, 2.24) is 5.32 Å². The maximum Gasteiger partial charge on any atom is 0.303 e. The summed E-state index contributed by atoms with van der Waals surface area (Å²) in [4.78, 5) is 33.4. The van der Waals surface area contributed by atoms with Gasteiger partial charge in [0.2, 0.25) is 11.8 Å². The van der Waals surface area contributed by atoms with Crippen molar-refractivity contribution in [2.45, 2.75) is 25.3 Å². The van der Waals surface area contributed by atoms with Gasteiger partial charge in [-0.1, -0.05) is 12.1 Å². The molecule has 0 spiro atoms. The van der Waals surface area contributed by atoms with Crippen LogP contribution in [0.15, 0.2) is 24.3 Å². The van der Waals surface area contributed by atoms with Gasteiger partial charge in [-0.2, -0.15) is 0 Å². The highest BCUT2D eigenvalue weighted by Crippen LogP contribution is 2.11. The number of carbonyl (C=O) groups excluding carboxylic acids is 2. The fourth-order valence-electron chi connectivity index (χ4n) is 1.62. The third-order valence-electron chi connectivity index (χ3n) is 2.87. The zero-order chi connectivity index (χ0) is 15.8. The Hall–Kier alpha value is -2.41. The minimum Gasteiger partial charge on any atom is -0.481 e. The minimum absolute atomic E-state index is 0.0793. The number of rotatable bonds is 7. The molecule has 1 atom stereocenters. The first kappa shape index (κ1) is 16.6. The SMILES string of the molecule is CNC(=O)Cc1ccc(NC(=O)C(N)CCC(=O)O)cc1. The van der Waals surface area contributed by atoms with Crippen molar-refractivity contribution in [1.29, 1.82) is 0 Å². The lowest BCUT2D eigenvalue weighted by Gasteiger charge is -2.11. The van der Waals surface area contributed by atoms with E-state index in [1.54, 1.807) is 31.3 Å². The van der Waals surface area contributed by atoms with Crippen LogP contribution in [-0.2, 0) is 20.8 Å². The van der Waals surface area contributed by atoms with Crippen molar-refractivity contribution >= 4 is 23.5 Å². The van der Waals surface area contributed by atoms with E-state index in [4.69, 9.17) is 10.8 Å². The normalized spacial score (nSPS) is 11.5. The van der Waals surface area contributed by atoms with Gasteiger partial charge in [0, 0.05) is 19.2 Å². The Balaban J connectivity index is 2.53. The molecule has 0 radical (unpaired) electrons. The summed E-state index contributed by atoms with van der Waals surface area (Å²) in [6.07, 6.45) is 0.193. The van der Waals surface area contributed by atoms with Crippen LogP contribution in [0.25, 0.3) is 0 Å². The number of carbonyl (C=O) groups is 3. The first-order valence-electron chi connectivity index (χ1n) is 6.50. The molecule has 1 aromatic rings. The third-order valence-corrected chi connectivity index (χ3v) is 2.87. The van der Waals surface area contributed by atoms with E-state index in [0.717, 1.165) is 5.56 Å². The summed E-state index contributed by atoms with van der Waals surface area (Å²) < 4.78 is 0. The highest BCUT2D eigenvalue weighted by Gasteiger charge is 2.15. The number of hydrogen-bond donors (Lipinski definition) is 4. The highest BCUT2D eigenvalue weighted by atomic mass is 16.4. The maximum absolute atomic E-state index is 11.7. The van der Waals surface area contributed by atoms with Crippen LogP contribution in [0.2, 0.25) is 0 Å². The van der Waals surface area contributed by atoms with Gasteiger partial charge in [0.15, 0.2) is 0 Å². The van der Waals surface area contributed by atoms with E-state index < -0.39 is 17.9 Å². The second-order valence-electron chi connectivity index (χ2n) is 4.58. The molecule has 0 heterocycles. The van der Waals surface area contributed by atoms with Crippen molar-refractivity contribution in [3.8, 4) is 0 Å². The topological polar surface area (TPSA) is 122 Å². The van der Waals surface area contributed by atoms with Crippen molar-refractivity contribution in [3.05, 3.63) is 29.8 Å². The Bertz CT molecular complexity index is 513. The molecule has 0 fully saturated rings. The lowest BCUT2D eigenvalue weighted by molar-refractivity contribution is -0.137. The Morgan fingerprint density at radius 1 is 1.24 bits per heavy atom. The lowest BCUT2D eigenvalue weighted by Crippen LogP contribution is -2.36. The van der Waals surface area contributed by atoms with Gasteiger partial charge in [-0.25, -0.2) is 0 Å². The summed E-state index contributed by atoms with van der Waals surface area (Å²) >= 11 is 0. The minimum atomic E-state index is -0.989. The molecule has 5 N–H and O–H groups in total. The number of nitrogens with one attached hydrogen (secondary N) is 2. The monoisotopic (exact) mass is 293 g/mol. The van der Waals surface area contributed by atoms with Crippen LogP contribution in [0.1, 0.15) is 18.4 Å². The molecule has 0 bridgehead atoms. The van der Waals surface area contributed by atoms with E-state index in [-0.39, 0.29) is 25.2 Å². The predicted octanol–water partition coefficient (Wildman–Crippen LogP) is 0.106. The summed E-state index contributed by atoms with van der Waals surface area (Å²) in [7, 11) is 1.56. The second kappa shape index (κ2) is 8.01. The quantitative estimate of drug-likeness (QED) is 0.568. The van der Waals surface area contributed by atoms with Crippen LogP contribution in [0, 0.1) is 0 Å². The van der Waals surface area contributed by atoms with Gasteiger partial charge < -0.3 is 21.5 Å². The fraction of sp³-hybridized carbons (Fsp3) is 0.357. The number of carboxylic acid groups (broad SMARTS) is 1. The van der Waals surface area contributed by atoms with Crippen molar-refractivity contribution in [3.63, 3.8) is 0 Å². The molecule has 1 unspecified atom stereocenters.